The fourth-order valence-electron chi connectivity index (χ4n) is 3.11. The molecule has 116 valence electrons. The van der Waals surface area contributed by atoms with Gasteiger partial charge in [0.2, 0.25) is 5.91 Å². The van der Waals surface area contributed by atoms with Crippen LogP contribution in [-0.4, -0.2) is 16.9 Å². The molecule has 1 aromatic heterocycles. The molecule has 2 heterocycles. The second-order valence-electron chi connectivity index (χ2n) is 5.73. The third-order valence-corrected chi connectivity index (χ3v) is 4.96. The minimum atomic E-state index is 0.0981. The Balaban J connectivity index is 1.92. The van der Waals surface area contributed by atoms with Gasteiger partial charge in [0.15, 0.2) is 5.13 Å². The van der Waals surface area contributed by atoms with E-state index < -0.39 is 0 Å². The van der Waals surface area contributed by atoms with E-state index in [-0.39, 0.29) is 18.0 Å². The van der Waals surface area contributed by atoms with Gasteiger partial charge in [-0.2, -0.15) is 0 Å². The maximum absolute atomic E-state index is 12.0. The number of carbonyl (C=O) groups excluding carboxylic acids is 1. The summed E-state index contributed by atoms with van der Waals surface area (Å²) in [6.45, 7) is 5.85. The van der Waals surface area contributed by atoms with E-state index in [0.29, 0.717) is 0 Å². The second kappa shape index (κ2) is 6.08. The molecule has 1 N–H and O–H groups in total. The average molecular weight is 315 g/mol. The van der Waals surface area contributed by atoms with Gasteiger partial charge >= 0.3 is 0 Å². The Morgan fingerprint density at radius 3 is 2.91 bits per heavy atom. The molecule has 3 rings (SSSR count). The summed E-state index contributed by atoms with van der Waals surface area (Å²) >= 11 is 1.65. The van der Waals surface area contributed by atoms with E-state index in [4.69, 9.17) is 0 Å². The number of hydrogen-bond donors (Lipinski definition) is 1. The Morgan fingerprint density at radius 2 is 2.23 bits per heavy atom. The highest BCUT2D eigenvalue weighted by molar-refractivity contribution is 7.13. The normalized spacial score (nSPS) is 20.6. The van der Waals surface area contributed by atoms with Crippen LogP contribution < -0.4 is 10.2 Å². The summed E-state index contributed by atoms with van der Waals surface area (Å²) in [6, 6.07) is 8.51. The number of amides is 1. The topological polar surface area (TPSA) is 45.2 Å². The summed E-state index contributed by atoms with van der Waals surface area (Å²) in [4.78, 5) is 18.5. The predicted octanol–water partition coefficient (Wildman–Crippen LogP) is 4.00. The van der Waals surface area contributed by atoms with Gasteiger partial charge in [-0.1, -0.05) is 25.1 Å². The Bertz CT molecular complexity index is 682. The van der Waals surface area contributed by atoms with Gasteiger partial charge in [0.1, 0.15) is 0 Å². The second-order valence-corrected chi connectivity index (χ2v) is 6.59. The van der Waals surface area contributed by atoms with E-state index >= 15 is 0 Å². The third kappa shape index (κ3) is 2.73. The minimum absolute atomic E-state index is 0.0981. The van der Waals surface area contributed by atoms with Crippen LogP contribution in [0.2, 0.25) is 0 Å². The predicted molar refractivity (Wildman–Crippen MR) is 91.5 cm³/mol. The minimum Gasteiger partial charge on any atom is -0.355 e. The van der Waals surface area contributed by atoms with Crippen molar-refractivity contribution in [2.75, 3.05) is 10.2 Å². The lowest BCUT2D eigenvalue weighted by Crippen LogP contribution is -2.43. The highest BCUT2D eigenvalue weighted by Crippen LogP contribution is 2.39. The van der Waals surface area contributed by atoms with Gasteiger partial charge in [-0.15, -0.1) is 11.3 Å². The molecule has 1 amide bonds. The number of aryl methyl sites for hydroxylation is 1. The molecular formula is C17H21N3OS. The molecule has 4 nitrogen and oxygen atoms in total. The number of nitrogens with one attached hydrogen (secondary N) is 1. The zero-order valence-electron chi connectivity index (χ0n) is 13.2. The largest absolute Gasteiger partial charge is 0.355 e. The van der Waals surface area contributed by atoms with Crippen LogP contribution in [0, 0.1) is 0 Å². The fraction of sp³-hybridized carbons (Fsp3) is 0.412. The molecule has 5 heteroatoms. The van der Waals surface area contributed by atoms with Crippen molar-refractivity contribution in [1.29, 1.82) is 0 Å². The zero-order valence-corrected chi connectivity index (χ0v) is 14.0. The van der Waals surface area contributed by atoms with Crippen LogP contribution in [-0.2, 0) is 11.2 Å². The van der Waals surface area contributed by atoms with Gasteiger partial charge in [0.05, 0.1) is 11.7 Å². The SMILES string of the molecule is CCc1csc(NC2CC(C)N(C(C)=O)c3ccccc32)n1. The molecule has 0 aliphatic carbocycles. The molecule has 2 atom stereocenters. The summed E-state index contributed by atoms with van der Waals surface area (Å²) in [6.07, 6.45) is 1.84. The average Bonchev–Trinajstić information content (AvgIpc) is 2.94. The van der Waals surface area contributed by atoms with Crippen LogP contribution in [0.15, 0.2) is 29.6 Å². The first kappa shape index (κ1) is 15.0. The van der Waals surface area contributed by atoms with Crippen LogP contribution >= 0.6 is 11.3 Å². The number of hydrogen-bond acceptors (Lipinski definition) is 4. The van der Waals surface area contributed by atoms with Crippen molar-refractivity contribution in [1.82, 2.24) is 4.98 Å². The molecule has 22 heavy (non-hydrogen) atoms. The van der Waals surface area contributed by atoms with E-state index in [2.05, 4.69) is 35.6 Å². The number of aromatic nitrogens is 1. The fourth-order valence-corrected chi connectivity index (χ4v) is 3.96. The summed E-state index contributed by atoms with van der Waals surface area (Å²) in [5.41, 5.74) is 3.30. The highest BCUT2D eigenvalue weighted by atomic mass is 32.1. The quantitative estimate of drug-likeness (QED) is 0.931. The molecular weight excluding hydrogens is 294 g/mol. The number of carbonyl (C=O) groups is 1. The third-order valence-electron chi connectivity index (χ3n) is 4.14. The van der Waals surface area contributed by atoms with Crippen molar-refractivity contribution < 1.29 is 4.79 Å². The van der Waals surface area contributed by atoms with Crippen molar-refractivity contribution in [3.05, 3.63) is 40.9 Å². The molecule has 1 aliphatic heterocycles. The Labute approximate surface area is 135 Å². The molecule has 1 aromatic carbocycles. The first-order valence-electron chi connectivity index (χ1n) is 7.69. The molecule has 0 bridgehead atoms. The van der Waals surface area contributed by atoms with Gasteiger partial charge in [-0.25, -0.2) is 4.98 Å². The van der Waals surface area contributed by atoms with Crippen LogP contribution in [0.1, 0.15) is 44.5 Å². The summed E-state index contributed by atoms with van der Waals surface area (Å²) in [7, 11) is 0. The number of fused-ring (bicyclic) bond motifs is 1. The van der Waals surface area contributed by atoms with Gasteiger partial charge < -0.3 is 10.2 Å². The number of nitrogens with zero attached hydrogens (tertiary/aromatic N) is 2. The van der Waals surface area contributed by atoms with E-state index in [1.165, 1.54) is 5.56 Å². The molecule has 2 unspecified atom stereocenters. The van der Waals surface area contributed by atoms with Crippen LogP contribution in [0.25, 0.3) is 0 Å². The van der Waals surface area contributed by atoms with Crippen molar-refractivity contribution in [2.24, 2.45) is 0 Å². The van der Waals surface area contributed by atoms with Gasteiger partial charge in [0.25, 0.3) is 0 Å². The lowest BCUT2D eigenvalue weighted by Gasteiger charge is -2.39. The molecule has 0 fully saturated rings. The number of thiazole rings is 1. The molecule has 1 aliphatic rings. The smallest absolute Gasteiger partial charge is 0.224 e. The monoisotopic (exact) mass is 315 g/mol. The number of benzene rings is 1. The van der Waals surface area contributed by atoms with Crippen molar-refractivity contribution >= 4 is 28.1 Å². The van der Waals surface area contributed by atoms with E-state index in [9.17, 15) is 4.79 Å². The van der Waals surface area contributed by atoms with Crippen LogP contribution in [0.5, 0.6) is 0 Å². The van der Waals surface area contributed by atoms with Gasteiger partial charge in [0, 0.05) is 24.0 Å². The molecule has 0 saturated carbocycles. The van der Waals surface area contributed by atoms with Crippen molar-refractivity contribution in [3.63, 3.8) is 0 Å². The van der Waals surface area contributed by atoms with Gasteiger partial charge in [-0.05, 0) is 31.4 Å². The molecule has 0 radical (unpaired) electrons. The summed E-state index contributed by atoms with van der Waals surface area (Å²) in [5.74, 6) is 0.0981. The Kier molecular flexibility index (Phi) is 4.16. The molecule has 0 saturated heterocycles. The number of anilines is 2. The molecule has 0 spiro atoms. The first-order chi connectivity index (χ1) is 10.6. The van der Waals surface area contributed by atoms with Crippen LogP contribution in [0.4, 0.5) is 10.8 Å². The van der Waals surface area contributed by atoms with E-state index in [0.717, 1.165) is 29.4 Å². The van der Waals surface area contributed by atoms with E-state index in [1.54, 1.807) is 18.3 Å². The lowest BCUT2D eigenvalue weighted by molar-refractivity contribution is -0.117. The van der Waals surface area contributed by atoms with E-state index in [1.807, 2.05) is 23.1 Å². The maximum atomic E-state index is 12.0. The van der Waals surface area contributed by atoms with Gasteiger partial charge in [-0.3, -0.25) is 4.79 Å². The highest BCUT2D eigenvalue weighted by Gasteiger charge is 2.32. The summed E-state index contributed by atoms with van der Waals surface area (Å²) < 4.78 is 0. The van der Waals surface area contributed by atoms with Crippen LogP contribution in [0.3, 0.4) is 0 Å². The first-order valence-corrected chi connectivity index (χ1v) is 8.57. The summed E-state index contributed by atoms with van der Waals surface area (Å²) in [5, 5.41) is 6.61. The number of rotatable bonds is 3. The maximum Gasteiger partial charge on any atom is 0.224 e. The Morgan fingerprint density at radius 1 is 1.45 bits per heavy atom. The Hall–Kier alpha value is -1.88. The molecule has 2 aromatic rings. The standard InChI is InChI=1S/C17H21N3OS/c1-4-13-10-22-17(18-13)19-15-9-11(2)20(12(3)21)16-8-6-5-7-14(15)16/h5-8,10-11,15H,4,9H2,1-3H3,(H,18,19). The lowest BCUT2D eigenvalue weighted by atomic mass is 9.92. The van der Waals surface area contributed by atoms with Crippen molar-refractivity contribution in [2.45, 2.75) is 45.7 Å². The zero-order chi connectivity index (χ0) is 15.7. The van der Waals surface area contributed by atoms with Crippen molar-refractivity contribution in [3.8, 4) is 0 Å². The number of para-hydroxylation sites is 1.